The van der Waals surface area contributed by atoms with E-state index in [4.69, 9.17) is 0 Å². The van der Waals surface area contributed by atoms with E-state index in [-0.39, 0.29) is 5.82 Å². The minimum absolute atomic E-state index is 0.300. The summed E-state index contributed by atoms with van der Waals surface area (Å²) in [5.74, 6) is -0.300. The summed E-state index contributed by atoms with van der Waals surface area (Å²) < 4.78 is 13.0. The molecule has 0 fully saturated rings. The molecule has 3 heteroatoms. The number of benzene rings is 1. The van der Waals surface area contributed by atoms with Gasteiger partial charge in [0, 0.05) is 24.0 Å². The van der Waals surface area contributed by atoms with Crippen LogP contribution in [0.15, 0.2) is 36.7 Å². The predicted octanol–water partition coefficient (Wildman–Crippen LogP) is 2.86. The second-order valence-corrected chi connectivity index (χ2v) is 3.94. The van der Waals surface area contributed by atoms with Gasteiger partial charge in [0.15, 0.2) is 0 Å². The topological polar surface area (TPSA) is 24.9 Å². The van der Waals surface area contributed by atoms with Crippen molar-refractivity contribution in [2.45, 2.75) is 6.42 Å². The average Bonchev–Trinajstić information content (AvgIpc) is 2.75. The predicted molar refractivity (Wildman–Crippen MR) is 61.8 cm³/mol. The zero-order valence-corrected chi connectivity index (χ0v) is 8.70. The third-order valence-corrected chi connectivity index (χ3v) is 2.86. The molecule has 0 radical (unpaired) electrons. The molecule has 0 saturated carbocycles. The van der Waals surface area contributed by atoms with Crippen LogP contribution >= 0.6 is 0 Å². The van der Waals surface area contributed by atoms with Crippen molar-refractivity contribution in [3.8, 4) is 11.1 Å². The highest BCUT2D eigenvalue weighted by Gasteiger charge is 2.10. The molecule has 1 aliphatic heterocycles. The summed E-state index contributed by atoms with van der Waals surface area (Å²) in [5, 5.41) is 3.31. The molecule has 0 spiro atoms. The van der Waals surface area contributed by atoms with E-state index in [2.05, 4.69) is 22.4 Å². The SMILES string of the molecule is Fc1cncc(-c2ccc3c(c2)NCC3)c1. The summed E-state index contributed by atoms with van der Waals surface area (Å²) in [4.78, 5) is 3.86. The molecular weight excluding hydrogens is 203 g/mol. The number of hydrogen-bond donors (Lipinski definition) is 1. The molecule has 0 atom stereocenters. The highest BCUT2D eigenvalue weighted by Crippen LogP contribution is 2.28. The molecule has 0 saturated heterocycles. The minimum atomic E-state index is -0.300. The van der Waals surface area contributed by atoms with Gasteiger partial charge in [-0.15, -0.1) is 0 Å². The molecule has 2 heterocycles. The summed E-state index contributed by atoms with van der Waals surface area (Å²) in [6.07, 6.45) is 3.96. The Bertz CT molecular complexity index is 537. The van der Waals surface area contributed by atoms with Crippen LogP contribution in [-0.4, -0.2) is 11.5 Å². The van der Waals surface area contributed by atoms with Gasteiger partial charge in [-0.3, -0.25) is 4.98 Å². The van der Waals surface area contributed by atoms with Crippen molar-refractivity contribution in [2.75, 3.05) is 11.9 Å². The first kappa shape index (κ1) is 9.33. The number of rotatable bonds is 1. The third kappa shape index (κ3) is 1.54. The van der Waals surface area contributed by atoms with Gasteiger partial charge >= 0.3 is 0 Å². The van der Waals surface area contributed by atoms with Gasteiger partial charge in [0.05, 0.1) is 6.20 Å². The zero-order chi connectivity index (χ0) is 11.0. The Labute approximate surface area is 93.1 Å². The van der Waals surface area contributed by atoms with Crippen LogP contribution in [0, 0.1) is 5.82 Å². The molecule has 16 heavy (non-hydrogen) atoms. The maximum Gasteiger partial charge on any atom is 0.142 e. The first-order chi connectivity index (χ1) is 7.83. The van der Waals surface area contributed by atoms with Crippen LogP contribution in [0.4, 0.5) is 10.1 Å². The van der Waals surface area contributed by atoms with Gasteiger partial charge in [-0.25, -0.2) is 4.39 Å². The van der Waals surface area contributed by atoms with Gasteiger partial charge in [0.25, 0.3) is 0 Å². The highest BCUT2D eigenvalue weighted by atomic mass is 19.1. The lowest BCUT2D eigenvalue weighted by atomic mass is 10.0. The maximum atomic E-state index is 13.0. The summed E-state index contributed by atoms with van der Waals surface area (Å²) in [6.45, 7) is 0.986. The fourth-order valence-corrected chi connectivity index (χ4v) is 2.04. The second kappa shape index (κ2) is 3.59. The van der Waals surface area contributed by atoms with Gasteiger partial charge in [-0.1, -0.05) is 12.1 Å². The summed E-state index contributed by atoms with van der Waals surface area (Å²) in [7, 11) is 0. The Morgan fingerprint density at radius 2 is 2.06 bits per heavy atom. The van der Waals surface area contributed by atoms with Crippen LogP contribution in [0.25, 0.3) is 11.1 Å². The second-order valence-electron chi connectivity index (χ2n) is 3.94. The van der Waals surface area contributed by atoms with E-state index in [1.54, 1.807) is 6.20 Å². The molecule has 1 aromatic heterocycles. The summed E-state index contributed by atoms with van der Waals surface area (Å²) in [6, 6.07) is 7.67. The minimum Gasteiger partial charge on any atom is -0.384 e. The Morgan fingerprint density at radius 1 is 1.12 bits per heavy atom. The third-order valence-electron chi connectivity index (χ3n) is 2.86. The lowest BCUT2D eigenvalue weighted by Crippen LogP contribution is -1.91. The van der Waals surface area contributed by atoms with Gasteiger partial charge < -0.3 is 5.32 Å². The number of anilines is 1. The van der Waals surface area contributed by atoms with Crippen molar-refractivity contribution < 1.29 is 4.39 Å². The Hall–Kier alpha value is -1.90. The number of aromatic nitrogens is 1. The largest absolute Gasteiger partial charge is 0.384 e. The van der Waals surface area contributed by atoms with Gasteiger partial charge in [0.1, 0.15) is 5.82 Å². The molecule has 0 amide bonds. The molecule has 2 aromatic rings. The Kier molecular flexibility index (Phi) is 2.10. The number of nitrogens with zero attached hydrogens (tertiary/aromatic N) is 1. The van der Waals surface area contributed by atoms with Crippen LogP contribution in [0.5, 0.6) is 0 Å². The molecule has 1 N–H and O–H groups in total. The van der Waals surface area contributed by atoms with E-state index in [0.29, 0.717) is 0 Å². The first-order valence-electron chi connectivity index (χ1n) is 5.31. The van der Waals surface area contributed by atoms with Crippen LogP contribution in [0.2, 0.25) is 0 Å². The standard InChI is InChI=1S/C13H11FN2/c14-12-5-11(7-15-8-12)10-2-1-9-3-4-16-13(9)6-10/h1-2,5-8,16H,3-4H2. The number of nitrogens with one attached hydrogen (secondary N) is 1. The van der Waals surface area contributed by atoms with Crippen molar-refractivity contribution >= 4 is 5.69 Å². The summed E-state index contributed by atoms with van der Waals surface area (Å²) in [5.41, 5.74) is 4.30. The fraction of sp³-hybridized carbons (Fsp3) is 0.154. The van der Waals surface area contributed by atoms with Crippen molar-refractivity contribution in [1.82, 2.24) is 4.98 Å². The van der Waals surface area contributed by atoms with Crippen molar-refractivity contribution in [3.63, 3.8) is 0 Å². The fourth-order valence-electron chi connectivity index (χ4n) is 2.04. The highest BCUT2D eigenvalue weighted by molar-refractivity contribution is 5.70. The molecule has 1 aromatic carbocycles. The van der Waals surface area contributed by atoms with Crippen LogP contribution in [0.1, 0.15) is 5.56 Å². The molecule has 1 aliphatic rings. The molecule has 80 valence electrons. The lowest BCUT2D eigenvalue weighted by Gasteiger charge is -2.05. The zero-order valence-electron chi connectivity index (χ0n) is 8.70. The van der Waals surface area contributed by atoms with E-state index in [9.17, 15) is 4.39 Å². The van der Waals surface area contributed by atoms with E-state index in [0.717, 1.165) is 29.8 Å². The number of hydrogen-bond acceptors (Lipinski definition) is 2. The van der Waals surface area contributed by atoms with Gasteiger partial charge in [0.2, 0.25) is 0 Å². The van der Waals surface area contributed by atoms with E-state index < -0.39 is 0 Å². The van der Waals surface area contributed by atoms with E-state index in [1.807, 2.05) is 6.07 Å². The molecule has 3 rings (SSSR count). The quantitative estimate of drug-likeness (QED) is 0.789. The number of pyridine rings is 1. The Balaban J connectivity index is 2.07. The van der Waals surface area contributed by atoms with E-state index >= 15 is 0 Å². The number of halogens is 1. The van der Waals surface area contributed by atoms with Crippen molar-refractivity contribution in [2.24, 2.45) is 0 Å². The Morgan fingerprint density at radius 3 is 2.94 bits per heavy atom. The molecule has 2 nitrogen and oxygen atoms in total. The van der Waals surface area contributed by atoms with Crippen molar-refractivity contribution in [1.29, 1.82) is 0 Å². The summed E-state index contributed by atoms with van der Waals surface area (Å²) >= 11 is 0. The van der Waals surface area contributed by atoms with Gasteiger partial charge in [-0.2, -0.15) is 0 Å². The number of fused-ring (bicyclic) bond motifs is 1. The van der Waals surface area contributed by atoms with Crippen LogP contribution in [-0.2, 0) is 6.42 Å². The van der Waals surface area contributed by atoms with Crippen LogP contribution < -0.4 is 5.32 Å². The normalized spacial score (nSPS) is 13.3. The molecule has 0 bridgehead atoms. The van der Waals surface area contributed by atoms with Crippen LogP contribution in [0.3, 0.4) is 0 Å². The van der Waals surface area contributed by atoms with E-state index in [1.165, 1.54) is 17.8 Å². The molecular formula is C13H11FN2. The smallest absolute Gasteiger partial charge is 0.142 e. The van der Waals surface area contributed by atoms with Crippen molar-refractivity contribution in [3.05, 3.63) is 48.0 Å². The average molecular weight is 214 g/mol. The maximum absolute atomic E-state index is 13.0. The molecule has 0 aliphatic carbocycles. The monoisotopic (exact) mass is 214 g/mol. The van der Waals surface area contributed by atoms with Gasteiger partial charge in [-0.05, 0) is 29.7 Å². The first-order valence-corrected chi connectivity index (χ1v) is 5.31. The molecule has 0 unspecified atom stereocenters. The lowest BCUT2D eigenvalue weighted by molar-refractivity contribution is 0.622.